The molecule has 0 aromatic rings. The molecule has 2 bridgehead atoms. The summed E-state index contributed by atoms with van der Waals surface area (Å²) < 4.78 is 11.0. The monoisotopic (exact) mass is 222 g/mol. The summed E-state index contributed by atoms with van der Waals surface area (Å²) in [6.07, 6.45) is 4.63. The van der Waals surface area contributed by atoms with Crippen molar-refractivity contribution in [2.75, 3.05) is 0 Å². The van der Waals surface area contributed by atoms with Gasteiger partial charge in [-0.25, -0.2) is 4.79 Å². The number of hydrogen-bond acceptors (Lipinski definition) is 3. The lowest BCUT2D eigenvalue weighted by molar-refractivity contribution is -0.168. The lowest BCUT2D eigenvalue weighted by Gasteiger charge is -2.38. The number of esters is 1. The van der Waals surface area contributed by atoms with Crippen LogP contribution in [0.5, 0.6) is 0 Å². The number of rotatable bonds is 2. The zero-order valence-electron chi connectivity index (χ0n) is 9.24. The van der Waals surface area contributed by atoms with Gasteiger partial charge >= 0.3 is 12.2 Å². The van der Waals surface area contributed by atoms with Crippen LogP contribution in [0.3, 0.4) is 0 Å². The maximum absolute atomic E-state index is 11.2. The van der Waals surface area contributed by atoms with Crippen LogP contribution in [0.2, 0.25) is 0 Å². The highest BCUT2D eigenvalue weighted by Gasteiger charge is 2.44. The fraction of sp³-hybridized carbons (Fsp3) is 0.636. The minimum atomic E-state index is -0.618. The van der Waals surface area contributed by atoms with Crippen LogP contribution in [0.1, 0.15) is 13.8 Å². The summed E-state index contributed by atoms with van der Waals surface area (Å²) in [4.78, 5) is 13.9. The lowest BCUT2D eigenvalue weighted by Crippen LogP contribution is -2.46. The van der Waals surface area contributed by atoms with Gasteiger partial charge in [0.15, 0.2) is 0 Å². The normalized spacial score (nSPS) is 40.2. The van der Waals surface area contributed by atoms with Crippen molar-refractivity contribution >= 4 is 12.2 Å². The van der Waals surface area contributed by atoms with E-state index in [-0.39, 0.29) is 30.1 Å². The zero-order chi connectivity index (χ0) is 11.7. The molecule has 0 amide bonds. The van der Waals surface area contributed by atoms with Crippen molar-refractivity contribution in [2.45, 2.75) is 32.2 Å². The summed E-state index contributed by atoms with van der Waals surface area (Å²) in [7, 11) is 0. The third-order valence-corrected chi connectivity index (χ3v) is 3.29. The molecule has 2 aliphatic rings. The first kappa shape index (κ1) is 11.0. The molecular weight excluding hydrogens is 208 g/mol. The Morgan fingerprint density at radius 1 is 1.38 bits per heavy atom. The number of carbonyl (C=O) groups excluding carboxylic acids is 1. The van der Waals surface area contributed by atoms with E-state index in [0.717, 1.165) is 6.21 Å². The van der Waals surface area contributed by atoms with E-state index in [0.29, 0.717) is 0 Å². The van der Waals surface area contributed by atoms with Gasteiger partial charge in [-0.2, -0.15) is 4.79 Å². The lowest BCUT2D eigenvalue weighted by atomic mass is 9.86. The van der Waals surface area contributed by atoms with E-state index in [4.69, 9.17) is 15.0 Å². The van der Waals surface area contributed by atoms with Gasteiger partial charge in [0.25, 0.3) is 0 Å². The Labute approximate surface area is 93.7 Å². The largest absolute Gasteiger partial charge is 0.453 e. The van der Waals surface area contributed by atoms with E-state index in [1.165, 1.54) is 0 Å². The van der Waals surface area contributed by atoms with Crippen molar-refractivity contribution in [1.82, 2.24) is 0 Å². The first-order valence-electron chi connectivity index (χ1n) is 5.35. The van der Waals surface area contributed by atoms with Gasteiger partial charge in [0, 0.05) is 11.8 Å². The van der Waals surface area contributed by atoms with Crippen LogP contribution in [0, 0.1) is 11.8 Å². The van der Waals surface area contributed by atoms with E-state index < -0.39 is 5.97 Å². The van der Waals surface area contributed by atoms with Gasteiger partial charge in [-0.1, -0.05) is 26.0 Å². The van der Waals surface area contributed by atoms with Crippen LogP contribution in [-0.2, 0) is 14.3 Å². The molecule has 2 rings (SSSR count). The molecule has 0 saturated carbocycles. The number of hydrogen-bond donors (Lipinski definition) is 0. The van der Waals surface area contributed by atoms with E-state index in [1.807, 2.05) is 26.0 Å². The number of fused-ring (bicyclic) bond motifs is 2. The molecule has 2 heterocycles. The third-order valence-electron chi connectivity index (χ3n) is 3.29. The molecule has 2 aliphatic heterocycles. The van der Waals surface area contributed by atoms with Crippen LogP contribution in [-0.4, -0.2) is 35.3 Å². The van der Waals surface area contributed by atoms with Crippen LogP contribution in [0.4, 0.5) is 0 Å². The molecule has 5 heteroatoms. The molecular formula is C11H14N2O3. The fourth-order valence-corrected chi connectivity index (χ4v) is 2.37. The predicted octanol–water partition coefficient (Wildman–Crippen LogP) is 0.808. The quantitative estimate of drug-likeness (QED) is 0.228. The molecule has 0 spiro atoms. The van der Waals surface area contributed by atoms with Crippen LogP contribution in [0.25, 0.3) is 5.53 Å². The molecule has 0 N–H and O–H groups in total. The number of ether oxygens (including phenoxy) is 2. The van der Waals surface area contributed by atoms with Crippen molar-refractivity contribution in [2.24, 2.45) is 11.8 Å². The zero-order valence-corrected chi connectivity index (χ0v) is 9.24. The average molecular weight is 222 g/mol. The summed E-state index contributed by atoms with van der Waals surface area (Å²) in [5.41, 5.74) is 8.25. The predicted molar refractivity (Wildman–Crippen MR) is 55.7 cm³/mol. The highest BCUT2D eigenvalue weighted by molar-refractivity contribution is 6.20. The van der Waals surface area contributed by atoms with Gasteiger partial charge in [-0.05, 0) is 0 Å². The van der Waals surface area contributed by atoms with Gasteiger partial charge in [0.1, 0.15) is 6.10 Å². The minimum Gasteiger partial charge on any atom is -0.453 e. The molecule has 5 nitrogen and oxygen atoms in total. The summed E-state index contributed by atoms with van der Waals surface area (Å²) >= 11 is 0. The van der Waals surface area contributed by atoms with Gasteiger partial charge in [-0.3, -0.25) is 0 Å². The van der Waals surface area contributed by atoms with Crippen LogP contribution < -0.4 is 0 Å². The standard InChI is InChI=1S/C11H14N2O3/c1-6-8-3-4-9(15-8)7(2)11(6)16-10(14)5-13-12/h3-9,11H,1-2H3/t6-,7+,8+,9-,11?. The van der Waals surface area contributed by atoms with Crippen LogP contribution in [0.15, 0.2) is 12.2 Å². The van der Waals surface area contributed by atoms with E-state index in [9.17, 15) is 4.79 Å². The Morgan fingerprint density at radius 2 is 1.94 bits per heavy atom. The second kappa shape index (κ2) is 4.20. The summed E-state index contributed by atoms with van der Waals surface area (Å²) in [6, 6.07) is 0. The first-order valence-corrected chi connectivity index (χ1v) is 5.35. The van der Waals surface area contributed by atoms with E-state index >= 15 is 0 Å². The van der Waals surface area contributed by atoms with Gasteiger partial charge < -0.3 is 15.0 Å². The Balaban J connectivity index is 2.09. The SMILES string of the molecule is C[C@@H]1C(OC(=O)C=[N+]=[N-])[C@H](C)[C@@H]2C=C[C@H]1O2. The summed E-state index contributed by atoms with van der Waals surface area (Å²) in [6.45, 7) is 3.97. The number of carbonyl (C=O) groups is 1. The van der Waals surface area contributed by atoms with Crippen molar-refractivity contribution in [3.05, 3.63) is 17.7 Å². The molecule has 86 valence electrons. The molecule has 5 atom stereocenters. The Bertz CT molecular complexity index is 355. The van der Waals surface area contributed by atoms with Crippen LogP contribution >= 0.6 is 0 Å². The fourth-order valence-electron chi connectivity index (χ4n) is 2.37. The topological polar surface area (TPSA) is 71.9 Å². The molecule has 0 radical (unpaired) electrons. The number of nitrogens with zero attached hydrogens (tertiary/aromatic N) is 2. The van der Waals surface area contributed by atoms with Crippen molar-refractivity contribution in [1.29, 1.82) is 0 Å². The highest BCUT2D eigenvalue weighted by Crippen LogP contribution is 2.37. The van der Waals surface area contributed by atoms with Crippen molar-refractivity contribution in [3.63, 3.8) is 0 Å². The Hall–Kier alpha value is -1.45. The third kappa shape index (κ3) is 1.79. The maximum atomic E-state index is 11.2. The second-order valence-electron chi connectivity index (χ2n) is 4.31. The molecule has 1 fully saturated rings. The Kier molecular flexibility index (Phi) is 2.90. The van der Waals surface area contributed by atoms with Gasteiger partial charge in [0.2, 0.25) is 0 Å². The average Bonchev–Trinajstić information content (AvgIpc) is 2.69. The molecule has 0 aromatic carbocycles. The van der Waals surface area contributed by atoms with Gasteiger partial charge in [0.05, 0.1) is 12.2 Å². The summed E-state index contributed by atoms with van der Waals surface area (Å²) in [5, 5.41) is 0. The first-order chi connectivity index (χ1) is 7.63. The highest BCUT2D eigenvalue weighted by atomic mass is 16.6. The molecule has 1 unspecified atom stereocenters. The van der Waals surface area contributed by atoms with Crippen molar-refractivity contribution in [3.8, 4) is 0 Å². The molecule has 0 aromatic heterocycles. The minimum absolute atomic E-state index is 0.0186. The molecule has 1 saturated heterocycles. The molecule has 0 aliphatic carbocycles. The smallest absolute Gasteiger partial charge is 0.413 e. The molecule has 16 heavy (non-hydrogen) atoms. The van der Waals surface area contributed by atoms with E-state index in [1.54, 1.807) is 0 Å². The van der Waals surface area contributed by atoms with Gasteiger partial charge in [-0.15, -0.1) is 0 Å². The Morgan fingerprint density at radius 3 is 2.44 bits per heavy atom. The second-order valence-corrected chi connectivity index (χ2v) is 4.31. The van der Waals surface area contributed by atoms with E-state index in [2.05, 4.69) is 4.79 Å². The van der Waals surface area contributed by atoms with Crippen molar-refractivity contribution < 1.29 is 19.1 Å². The summed E-state index contributed by atoms with van der Waals surface area (Å²) in [5.74, 6) is -0.394. The maximum Gasteiger partial charge on any atom is 0.413 e.